The maximum absolute atomic E-state index is 11.3. The first-order valence-corrected chi connectivity index (χ1v) is 9.26. The van der Waals surface area contributed by atoms with Gasteiger partial charge in [-0.15, -0.1) is 11.3 Å². The molecule has 1 saturated heterocycles. The Bertz CT molecular complexity index is 723. The molecule has 1 aliphatic rings. The average Bonchev–Trinajstić information content (AvgIpc) is 3.16. The maximum Gasteiger partial charge on any atom is 0.310 e. The first kappa shape index (κ1) is 17.1. The van der Waals surface area contributed by atoms with E-state index in [2.05, 4.69) is 48.4 Å². The highest BCUT2D eigenvalue weighted by molar-refractivity contribution is 7.13. The Hall–Kier alpha value is -1.72. The largest absolute Gasteiger partial charge is 0.481 e. The third-order valence-corrected chi connectivity index (χ3v) is 5.77. The number of aromatic nitrogens is 1. The van der Waals surface area contributed by atoms with Crippen molar-refractivity contribution in [2.45, 2.75) is 39.7 Å². The Kier molecular flexibility index (Phi) is 4.74. The number of thiazole rings is 1. The van der Waals surface area contributed by atoms with Crippen LogP contribution in [0, 0.1) is 5.41 Å². The van der Waals surface area contributed by atoms with Gasteiger partial charge in [0.2, 0.25) is 0 Å². The molecule has 0 bridgehead atoms. The first-order chi connectivity index (χ1) is 11.4. The fraction of sp³-hybridized carbons (Fsp3) is 0.474. The molecule has 1 fully saturated rings. The molecule has 24 heavy (non-hydrogen) atoms. The van der Waals surface area contributed by atoms with E-state index < -0.39 is 11.4 Å². The SMILES string of the molecule is CC(C)c1ccc(-c2nc(CN3CCC(C)(C(=O)O)C3)cs2)cc1. The van der Waals surface area contributed by atoms with Gasteiger partial charge in [-0.1, -0.05) is 38.1 Å². The van der Waals surface area contributed by atoms with E-state index in [4.69, 9.17) is 4.98 Å². The number of carbonyl (C=O) groups is 1. The number of aliphatic carboxylic acids is 1. The van der Waals surface area contributed by atoms with E-state index in [1.165, 1.54) is 5.56 Å². The quantitative estimate of drug-likeness (QED) is 0.882. The van der Waals surface area contributed by atoms with Crippen molar-refractivity contribution in [2.75, 3.05) is 13.1 Å². The molecule has 5 heteroatoms. The summed E-state index contributed by atoms with van der Waals surface area (Å²) in [5, 5.41) is 12.4. The lowest BCUT2D eigenvalue weighted by molar-refractivity contribution is -0.147. The van der Waals surface area contributed by atoms with E-state index in [0.717, 1.165) is 29.4 Å². The smallest absolute Gasteiger partial charge is 0.310 e. The maximum atomic E-state index is 11.3. The average molecular weight is 344 g/mol. The van der Waals surface area contributed by atoms with Crippen molar-refractivity contribution in [3.8, 4) is 10.6 Å². The van der Waals surface area contributed by atoms with Gasteiger partial charge >= 0.3 is 5.97 Å². The Morgan fingerprint density at radius 3 is 2.67 bits per heavy atom. The normalized spacial score (nSPS) is 21.5. The molecular weight excluding hydrogens is 320 g/mol. The number of hydrogen-bond donors (Lipinski definition) is 1. The molecule has 2 aromatic rings. The summed E-state index contributed by atoms with van der Waals surface area (Å²) in [5.41, 5.74) is 2.89. The van der Waals surface area contributed by atoms with Crippen LogP contribution in [0.15, 0.2) is 29.6 Å². The number of rotatable bonds is 5. The summed E-state index contributed by atoms with van der Waals surface area (Å²) in [7, 11) is 0. The van der Waals surface area contributed by atoms with Crippen LogP contribution in [-0.2, 0) is 11.3 Å². The highest BCUT2D eigenvalue weighted by Crippen LogP contribution is 2.32. The first-order valence-electron chi connectivity index (χ1n) is 8.38. The van der Waals surface area contributed by atoms with Gasteiger partial charge in [-0.3, -0.25) is 9.69 Å². The molecule has 128 valence electrons. The van der Waals surface area contributed by atoms with Gasteiger partial charge in [0, 0.05) is 24.0 Å². The molecular formula is C19H24N2O2S. The third-order valence-electron chi connectivity index (χ3n) is 4.83. The predicted molar refractivity (Wildman–Crippen MR) is 97.3 cm³/mol. The molecule has 4 nitrogen and oxygen atoms in total. The van der Waals surface area contributed by atoms with E-state index in [0.29, 0.717) is 18.9 Å². The Labute approximate surface area is 147 Å². The summed E-state index contributed by atoms with van der Waals surface area (Å²) in [6, 6.07) is 8.60. The summed E-state index contributed by atoms with van der Waals surface area (Å²) >= 11 is 1.65. The van der Waals surface area contributed by atoms with Gasteiger partial charge < -0.3 is 5.11 Å². The van der Waals surface area contributed by atoms with Crippen LogP contribution >= 0.6 is 11.3 Å². The molecule has 0 amide bonds. The molecule has 1 atom stereocenters. The summed E-state index contributed by atoms with van der Waals surface area (Å²) in [6.45, 7) is 8.35. The molecule has 1 aliphatic heterocycles. The molecule has 0 saturated carbocycles. The van der Waals surface area contributed by atoms with Crippen molar-refractivity contribution in [1.29, 1.82) is 0 Å². The van der Waals surface area contributed by atoms with Crippen LogP contribution in [0.1, 0.15) is 44.4 Å². The molecule has 3 rings (SSSR count). The number of hydrogen-bond acceptors (Lipinski definition) is 4. The lowest BCUT2D eigenvalue weighted by Gasteiger charge is -2.19. The summed E-state index contributed by atoms with van der Waals surface area (Å²) < 4.78 is 0. The number of nitrogens with zero attached hydrogens (tertiary/aromatic N) is 2. The Balaban J connectivity index is 1.67. The van der Waals surface area contributed by atoms with Crippen LogP contribution in [0.2, 0.25) is 0 Å². The number of likely N-dealkylation sites (tertiary alicyclic amines) is 1. The van der Waals surface area contributed by atoms with Gasteiger partial charge in [-0.25, -0.2) is 4.98 Å². The zero-order valence-corrected chi connectivity index (χ0v) is 15.3. The lowest BCUT2D eigenvalue weighted by atomic mass is 9.90. The number of benzene rings is 1. The molecule has 0 radical (unpaired) electrons. The number of carboxylic acids is 1. The fourth-order valence-corrected chi connectivity index (χ4v) is 3.93. The second kappa shape index (κ2) is 6.65. The standard InChI is InChI=1S/C19H24N2O2S/c1-13(2)14-4-6-15(7-5-14)17-20-16(11-24-17)10-21-9-8-19(3,12-21)18(22)23/h4-7,11,13H,8-10,12H2,1-3H3,(H,22,23). The molecule has 1 aromatic carbocycles. The minimum absolute atomic E-state index is 0.532. The minimum Gasteiger partial charge on any atom is -0.481 e. The highest BCUT2D eigenvalue weighted by atomic mass is 32.1. The topological polar surface area (TPSA) is 53.4 Å². The van der Waals surface area contributed by atoms with Crippen molar-refractivity contribution < 1.29 is 9.90 Å². The molecule has 1 N–H and O–H groups in total. The van der Waals surface area contributed by atoms with E-state index in [1.54, 1.807) is 11.3 Å². The molecule has 0 aliphatic carbocycles. The van der Waals surface area contributed by atoms with E-state index in [9.17, 15) is 9.90 Å². The van der Waals surface area contributed by atoms with Crippen LogP contribution < -0.4 is 0 Å². The van der Waals surface area contributed by atoms with Gasteiger partial charge in [0.1, 0.15) is 5.01 Å². The van der Waals surface area contributed by atoms with Crippen LogP contribution in [0.5, 0.6) is 0 Å². The van der Waals surface area contributed by atoms with E-state index in [-0.39, 0.29) is 0 Å². The van der Waals surface area contributed by atoms with Crippen LogP contribution in [0.4, 0.5) is 0 Å². The molecule has 2 heterocycles. The Morgan fingerprint density at radius 2 is 2.08 bits per heavy atom. The highest BCUT2D eigenvalue weighted by Gasteiger charge is 2.40. The van der Waals surface area contributed by atoms with Gasteiger partial charge in [-0.05, 0) is 31.4 Å². The second-order valence-electron chi connectivity index (χ2n) is 7.25. The summed E-state index contributed by atoms with van der Waals surface area (Å²) in [4.78, 5) is 18.3. The minimum atomic E-state index is -0.700. The zero-order chi connectivity index (χ0) is 17.3. The van der Waals surface area contributed by atoms with Gasteiger partial charge in [0.15, 0.2) is 0 Å². The van der Waals surface area contributed by atoms with Crippen molar-refractivity contribution >= 4 is 17.3 Å². The van der Waals surface area contributed by atoms with Gasteiger partial charge in [0.25, 0.3) is 0 Å². The Morgan fingerprint density at radius 1 is 1.38 bits per heavy atom. The van der Waals surface area contributed by atoms with E-state index >= 15 is 0 Å². The van der Waals surface area contributed by atoms with Crippen molar-refractivity contribution in [3.63, 3.8) is 0 Å². The van der Waals surface area contributed by atoms with Gasteiger partial charge in [-0.2, -0.15) is 0 Å². The van der Waals surface area contributed by atoms with Crippen molar-refractivity contribution in [3.05, 3.63) is 40.9 Å². The van der Waals surface area contributed by atoms with E-state index in [1.807, 2.05) is 6.92 Å². The fourth-order valence-electron chi connectivity index (χ4n) is 3.12. The van der Waals surface area contributed by atoms with Crippen LogP contribution in [-0.4, -0.2) is 34.0 Å². The lowest BCUT2D eigenvalue weighted by Crippen LogP contribution is -2.31. The van der Waals surface area contributed by atoms with Crippen LogP contribution in [0.25, 0.3) is 10.6 Å². The second-order valence-corrected chi connectivity index (χ2v) is 8.11. The zero-order valence-electron chi connectivity index (χ0n) is 14.5. The molecule has 1 aromatic heterocycles. The molecule has 0 spiro atoms. The predicted octanol–water partition coefficient (Wildman–Crippen LogP) is 4.23. The third kappa shape index (κ3) is 3.52. The van der Waals surface area contributed by atoms with Gasteiger partial charge in [0.05, 0.1) is 11.1 Å². The van der Waals surface area contributed by atoms with Crippen molar-refractivity contribution in [1.82, 2.24) is 9.88 Å². The van der Waals surface area contributed by atoms with Crippen molar-refractivity contribution in [2.24, 2.45) is 5.41 Å². The monoisotopic (exact) mass is 344 g/mol. The summed E-state index contributed by atoms with van der Waals surface area (Å²) in [5.74, 6) is -0.168. The molecule has 1 unspecified atom stereocenters. The van der Waals surface area contributed by atoms with Crippen LogP contribution in [0.3, 0.4) is 0 Å². The summed E-state index contributed by atoms with van der Waals surface area (Å²) in [6.07, 6.45) is 0.704. The number of carboxylic acid groups (broad SMARTS) is 1.